The van der Waals surface area contributed by atoms with E-state index in [-0.39, 0.29) is 5.97 Å². The summed E-state index contributed by atoms with van der Waals surface area (Å²) in [6.07, 6.45) is 9.36. The van der Waals surface area contributed by atoms with Crippen molar-refractivity contribution in [2.45, 2.75) is 51.5 Å². The van der Waals surface area contributed by atoms with Crippen LogP contribution >= 0.6 is 0 Å². The van der Waals surface area contributed by atoms with Crippen LogP contribution < -0.4 is 5.32 Å². The van der Waals surface area contributed by atoms with Gasteiger partial charge in [-0.05, 0) is 32.1 Å². The molecule has 20 heavy (non-hydrogen) atoms. The van der Waals surface area contributed by atoms with Gasteiger partial charge in [0.25, 0.3) is 0 Å². The first-order chi connectivity index (χ1) is 9.81. The van der Waals surface area contributed by atoms with E-state index in [0.717, 1.165) is 18.8 Å². The molecule has 1 saturated carbocycles. The molecule has 0 spiro atoms. The Hall–Kier alpha value is -1.52. The summed E-state index contributed by atoms with van der Waals surface area (Å²) in [5, 5.41) is 7.79. The molecule has 1 unspecified atom stereocenters. The van der Waals surface area contributed by atoms with E-state index in [2.05, 4.69) is 10.4 Å². The molecule has 2 aliphatic rings. The van der Waals surface area contributed by atoms with Gasteiger partial charge in [0, 0.05) is 6.54 Å². The molecule has 1 aromatic rings. The number of hydrogen-bond donors (Lipinski definition) is 1. The van der Waals surface area contributed by atoms with Crippen molar-refractivity contribution in [1.82, 2.24) is 9.78 Å². The normalized spacial score (nSPS) is 22.9. The Morgan fingerprint density at radius 1 is 1.40 bits per heavy atom. The number of rotatable bonds is 3. The van der Waals surface area contributed by atoms with Gasteiger partial charge in [-0.1, -0.05) is 19.3 Å². The Bertz CT molecular complexity index is 477. The molecule has 5 nitrogen and oxygen atoms in total. The third kappa shape index (κ3) is 2.41. The Labute approximate surface area is 119 Å². The number of nitrogens with zero attached hydrogens (tertiary/aromatic N) is 2. The lowest BCUT2D eigenvalue weighted by Gasteiger charge is -2.34. The first-order valence-corrected chi connectivity index (χ1v) is 7.79. The van der Waals surface area contributed by atoms with Crippen molar-refractivity contribution in [3.8, 4) is 0 Å². The molecule has 2 heterocycles. The molecule has 0 amide bonds. The Morgan fingerprint density at radius 2 is 2.20 bits per heavy atom. The minimum Gasteiger partial charge on any atom is -0.462 e. The van der Waals surface area contributed by atoms with Gasteiger partial charge in [0.05, 0.1) is 18.8 Å². The summed E-state index contributed by atoms with van der Waals surface area (Å²) >= 11 is 0. The lowest BCUT2D eigenvalue weighted by atomic mass is 9.82. The smallest absolute Gasteiger partial charge is 0.343 e. The maximum atomic E-state index is 11.9. The maximum absolute atomic E-state index is 11.9. The number of anilines is 1. The highest BCUT2D eigenvalue weighted by atomic mass is 16.5. The van der Waals surface area contributed by atoms with E-state index in [9.17, 15) is 4.79 Å². The number of nitrogens with one attached hydrogen (secondary N) is 1. The summed E-state index contributed by atoms with van der Waals surface area (Å²) in [4.78, 5) is 11.9. The van der Waals surface area contributed by atoms with Crippen molar-refractivity contribution in [2.24, 2.45) is 5.92 Å². The van der Waals surface area contributed by atoms with Crippen LogP contribution in [0.25, 0.3) is 0 Å². The minimum atomic E-state index is -0.273. The van der Waals surface area contributed by atoms with Gasteiger partial charge in [-0.15, -0.1) is 0 Å². The van der Waals surface area contributed by atoms with Gasteiger partial charge in [0.15, 0.2) is 0 Å². The number of carbonyl (C=O) groups is 1. The first-order valence-electron chi connectivity index (χ1n) is 7.79. The molecule has 1 atom stereocenters. The summed E-state index contributed by atoms with van der Waals surface area (Å²) in [7, 11) is 0. The Kier molecular flexibility index (Phi) is 3.94. The van der Waals surface area contributed by atoms with Crippen molar-refractivity contribution < 1.29 is 9.53 Å². The van der Waals surface area contributed by atoms with Crippen LogP contribution in [0.1, 0.15) is 61.8 Å². The van der Waals surface area contributed by atoms with Gasteiger partial charge >= 0.3 is 5.97 Å². The van der Waals surface area contributed by atoms with Crippen LogP contribution in [0.5, 0.6) is 0 Å². The monoisotopic (exact) mass is 277 g/mol. The molecular weight excluding hydrogens is 254 g/mol. The second-order valence-electron chi connectivity index (χ2n) is 5.75. The molecule has 3 rings (SSSR count). The molecule has 1 aromatic heterocycles. The number of fused-ring (bicyclic) bond motifs is 1. The van der Waals surface area contributed by atoms with Gasteiger partial charge in [0.2, 0.25) is 0 Å². The van der Waals surface area contributed by atoms with Gasteiger partial charge in [-0.25, -0.2) is 9.48 Å². The molecular formula is C15H23N3O2. The van der Waals surface area contributed by atoms with Crippen molar-refractivity contribution in [3.63, 3.8) is 0 Å². The first kappa shape index (κ1) is 13.5. The number of carbonyl (C=O) groups excluding carboxylic acids is 1. The molecule has 1 aliphatic carbocycles. The van der Waals surface area contributed by atoms with Gasteiger partial charge < -0.3 is 10.1 Å². The summed E-state index contributed by atoms with van der Waals surface area (Å²) in [5.41, 5.74) is 0.576. The van der Waals surface area contributed by atoms with Crippen LogP contribution in [-0.4, -0.2) is 28.9 Å². The van der Waals surface area contributed by atoms with Crippen molar-refractivity contribution in [3.05, 3.63) is 11.8 Å². The van der Waals surface area contributed by atoms with Crippen LogP contribution in [0.2, 0.25) is 0 Å². The van der Waals surface area contributed by atoms with Crippen LogP contribution in [-0.2, 0) is 4.74 Å². The zero-order chi connectivity index (χ0) is 13.9. The summed E-state index contributed by atoms with van der Waals surface area (Å²) in [6.45, 7) is 3.14. The summed E-state index contributed by atoms with van der Waals surface area (Å²) in [5.74, 6) is 1.29. The zero-order valence-electron chi connectivity index (χ0n) is 12.1. The fourth-order valence-corrected chi connectivity index (χ4v) is 3.56. The average Bonchev–Trinajstić information content (AvgIpc) is 2.92. The van der Waals surface area contributed by atoms with Crippen molar-refractivity contribution >= 4 is 11.8 Å². The largest absolute Gasteiger partial charge is 0.462 e. The third-order valence-electron chi connectivity index (χ3n) is 4.53. The fraction of sp³-hybridized carbons (Fsp3) is 0.733. The Morgan fingerprint density at radius 3 is 2.95 bits per heavy atom. The van der Waals surface area contributed by atoms with Crippen LogP contribution in [0.3, 0.4) is 0 Å². The van der Waals surface area contributed by atoms with E-state index >= 15 is 0 Å². The molecule has 0 bridgehead atoms. The summed E-state index contributed by atoms with van der Waals surface area (Å²) < 4.78 is 7.13. The minimum absolute atomic E-state index is 0.273. The lowest BCUT2D eigenvalue weighted by molar-refractivity contribution is 0.0527. The fourth-order valence-electron chi connectivity index (χ4n) is 3.56. The second kappa shape index (κ2) is 5.85. The van der Waals surface area contributed by atoms with Gasteiger partial charge in [-0.3, -0.25) is 0 Å². The third-order valence-corrected chi connectivity index (χ3v) is 4.53. The number of ether oxygens (including phenoxy) is 1. The highest BCUT2D eigenvalue weighted by Gasteiger charge is 2.32. The van der Waals surface area contributed by atoms with Crippen molar-refractivity contribution in [1.29, 1.82) is 0 Å². The van der Waals surface area contributed by atoms with Gasteiger partial charge in [0.1, 0.15) is 11.4 Å². The highest BCUT2D eigenvalue weighted by molar-refractivity contribution is 5.94. The second-order valence-corrected chi connectivity index (χ2v) is 5.75. The van der Waals surface area contributed by atoms with Crippen molar-refractivity contribution in [2.75, 3.05) is 18.5 Å². The predicted octanol–water partition coefficient (Wildman–Crippen LogP) is 3.00. The van der Waals surface area contributed by atoms with Gasteiger partial charge in [-0.2, -0.15) is 5.10 Å². The molecule has 1 fully saturated rings. The van der Waals surface area contributed by atoms with Crippen LogP contribution in [0.15, 0.2) is 6.20 Å². The van der Waals surface area contributed by atoms with E-state index in [1.807, 2.05) is 11.6 Å². The molecule has 0 radical (unpaired) electrons. The predicted molar refractivity (Wildman–Crippen MR) is 76.9 cm³/mol. The SMILES string of the molecule is CCOC(=O)c1cnn2c1NCCC2C1CCCCC1. The zero-order valence-corrected chi connectivity index (χ0v) is 12.1. The number of aromatic nitrogens is 2. The highest BCUT2D eigenvalue weighted by Crippen LogP contribution is 2.38. The quantitative estimate of drug-likeness (QED) is 0.863. The average molecular weight is 277 g/mol. The maximum Gasteiger partial charge on any atom is 0.343 e. The number of esters is 1. The van der Waals surface area contributed by atoms with E-state index in [1.54, 1.807) is 6.20 Å². The van der Waals surface area contributed by atoms with E-state index in [4.69, 9.17) is 4.74 Å². The van der Waals surface area contributed by atoms with E-state index in [1.165, 1.54) is 32.1 Å². The van der Waals surface area contributed by atoms with Crippen LogP contribution in [0, 0.1) is 5.92 Å². The Balaban J connectivity index is 1.84. The molecule has 1 aliphatic heterocycles. The summed E-state index contributed by atoms with van der Waals surface area (Å²) in [6, 6.07) is 0.440. The van der Waals surface area contributed by atoms with E-state index in [0.29, 0.717) is 24.1 Å². The topological polar surface area (TPSA) is 56.1 Å². The van der Waals surface area contributed by atoms with E-state index < -0.39 is 0 Å². The van der Waals surface area contributed by atoms with Crippen LogP contribution in [0.4, 0.5) is 5.82 Å². The molecule has 5 heteroatoms. The molecule has 0 aromatic carbocycles. The lowest BCUT2D eigenvalue weighted by Crippen LogP contribution is -2.30. The molecule has 110 valence electrons. The molecule has 0 saturated heterocycles. The molecule has 1 N–H and O–H groups in total. The number of hydrogen-bond acceptors (Lipinski definition) is 4. The standard InChI is InChI=1S/C15H23N3O2/c1-2-20-15(19)12-10-17-18-13(8-9-16-14(12)18)11-6-4-3-5-7-11/h10-11,13,16H,2-9H2,1H3.